The van der Waals surface area contributed by atoms with Crippen LogP contribution < -0.4 is 14.8 Å². The van der Waals surface area contributed by atoms with Gasteiger partial charge in [-0.1, -0.05) is 6.92 Å². The largest absolute Gasteiger partial charge is 0.487 e. The molecule has 0 saturated heterocycles. The maximum absolute atomic E-state index is 11.4. The van der Waals surface area contributed by atoms with E-state index in [1.54, 1.807) is 29.3 Å². The number of anilines is 1. The van der Waals surface area contributed by atoms with E-state index in [0.717, 1.165) is 42.6 Å². The van der Waals surface area contributed by atoms with Crippen molar-refractivity contribution in [2.45, 2.75) is 70.6 Å². The molecule has 0 amide bonds. The lowest BCUT2D eigenvalue weighted by Gasteiger charge is -2.27. The van der Waals surface area contributed by atoms with Crippen molar-refractivity contribution in [3.8, 4) is 23.0 Å². The number of aryl methyl sites for hydroxylation is 2. The van der Waals surface area contributed by atoms with Crippen LogP contribution in [0.15, 0.2) is 24.7 Å². The number of hydrogen-bond acceptors (Lipinski definition) is 9. The van der Waals surface area contributed by atoms with Crippen LogP contribution >= 0.6 is 0 Å². The summed E-state index contributed by atoms with van der Waals surface area (Å²) in [4.78, 5) is 29.5. The fourth-order valence-electron chi connectivity index (χ4n) is 4.42. The van der Waals surface area contributed by atoms with Gasteiger partial charge in [0.1, 0.15) is 6.10 Å². The van der Waals surface area contributed by atoms with E-state index in [9.17, 15) is 9.90 Å². The van der Waals surface area contributed by atoms with Gasteiger partial charge in [0.05, 0.1) is 47.9 Å². The Hall–Kier alpha value is -3.76. The predicted molar refractivity (Wildman–Crippen MR) is 131 cm³/mol. The summed E-state index contributed by atoms with van der Waals surface area (Å²) in [5.74, 6) is 1.11. The zero-order valence-electron chi connectivity index (χ0n) is 20.6. The molecule has 5 rings (SSSR count). The Balaban J connectivity index is 1.30. The molecule has 0 spiro atoms. The van der Waals surface area contributed by atoms with Crippen LogP contribution in [-0.4, -0.2) is 53.0 Å². The first kappa shape index (κ1) is 24.0. The Kier molecular flexibility index (Phi) is 6.97. The average Bonchev–Trinajstić information content (AvgIpc) is 3.62. The highest BCUT2D eigenvalue weighted by molar-refractivity contribution is 5.70. The Labute approximate surface area is 209 Å². The molecule has 2 fully saturated rings. The van der Waals surface area contributed by atoms with Crippen molar-refractivity contribution in [1.82, 2.24) is 29.7 Å². The Morgan fingerprint density at radius 1 is 1.14 bits per heavy atom. The number of aromatic nitrogens is 6. The lowest BCUT2D eigenvalue weighted by molar-refractivity contribution is -0.143. The molecule has 3 heterocycles. The number of ether oxygens (including phenoxy) is 2. The van der Waals surface area contributed by atoms with E-state index in [1.807, 2.05) is 14.0 Å². The number of carboxylic acids is 1. The first-order valence-electron chi connectivity index (χ1n) is 12.5. The van der Waals surface area contributed by atoms with Gasteiger partial charge in [-0.3, -0.25) is 9.48 Å². The van der Waals surface area contributed by atoms with Crippen LogP contribution in [0.4, 0.5) is 5.95 Å². The van der Waals surface area contributed by atoms with Gasteiger partial charge in [-0.25, -0.2) is 15.0 Å². The van der Waals surface area contributed by atoms with E-state index in [-0.39, 0.29) is 18.1 Å². The number of hydrogen-bond donors (Lipinski definition) is 2. The summed E-state index contributed by atoms with van der Waals surface area (Å²) >= 11 is 0. The third-order valence-electron chi connectivity index (χ3n) is 6.59. The number of nitrogens with one attached hydrogen (secondary N) is 1. The third-order valence-corrected chi connectivity index (χ3v) is 6.59. The van der Waals surface area contributed by atoms with Crippen molar-refractivity contribution in [3.63, 3.8) is 0 Å². The van der Waals surface area contributed by atoms with E-state index < -0.39 is 5.97 Å². The molecule has 2 aliphatic carbocycles. The number of nitrogens with zero attached hydrogens (tertiary/aromatic N) is 6. The van der Waals surface area contributed by atoms with Crippen molar-refractivity contribution in [1.29, 1.82) is 0 Å². The number of carbonyl (C=O) groups is 1. The molecule has 2 atom stereocenters. The summed E-state index contributed by atoms with van der Waals surface area (Å²) in [6.07, 6.45) is 10.9. The highest BCUT2D eigenvalue weighted by Crippen LogP contribution is 2.31. The molecule has 0 unspecified atom stereocenters. The van der Waals surface area contributed by atoms with Gasteiger partial charge in [-0.15, -0.1) is 0 Å². The molecule has 11 nitrogen and oxygen atoms in total. The first-order chi connectivity index (χ1) is 17.5. The summed E-state index contributed by atoms with van der Waals surface area (Å²) in [6, 6.07) is 1.76. The highest BCUT2D eigenvalue weighted by atomic mass is 16.5. The van der Waals surface area contributed by atoms with Gasteiger partial charge in [0.15, 0.2) is 11.6 Å². The van der Waals surface area contributed by atoms with Crippen molar-refractivity contribution in [2.24, 2.45) is 13.0 Å². The molecule has 3 aromatic rings. The summed E-state index contributed by atoms with van der Waals surface area (Å²) < 4.78 is 13.7. The van der Waals surface area contributed by atoms with Crippen molar-refractivity contribution in [2.75, 3.05) is 5.32 Å². The molecule has 36 heavy (non-hydrogen) atoms. The molecule has 190 valence electrons. The van der Waals surface area contributed by atoms with Gasteiger partial charge in [0.25, 0.3) is 0 Å². The number of rotatable bonds is 10. The molecule has 2 saturated carbocycles. The minimum Gasteiger partial charge on any atom is -0.487 e. The van der Waals surface area contributed by atoms with Gasteiger partial charge in [0.2, 0.25) is 11.8 Å². The lowest BCUT2D eigenvalue weighted by Crippen LogP contribution is -2.29. The van der Waals surface area contributed by atoms with Crippen LogP contribution in [0.3, 0.4) is 0 Å². The maximum Gasteiger partial charge on any atom is 0.306 e. The molecule has 11 heteroatoms. The van der Waals surface area contributed by atoms with Gasteiger partial charge in [-0.05, 0) is 44.9 Å². The smallest absolute Gasteiger partial charge is 0.306 e. The molecule has 0 aliphatic heterocycles. The van der Waals surface area contributed by atoms with E-state index in [4.69, 9.17) is 14.5 Å². The fraction of sp³-hybridized carbons (Fsp3) is 0.520. The van der Waals surface area contributed by atoms with Crippen LogP contribution in [0.5, 0.6) is 11.6 Å². The van der Waals surface area contributed by atoms with Gasteiger partial charge < -0.3 is 19.9 Å². The first-order valence-corrected chi connectivity index (χ1v) is 12.5. The SMILES string of the molecule is CCc1nc(-c2cnn(C)c2CNc2nccc(OC3CC3)n2)ncc1O[C@H]1CCC[C@H](C(=O)O)C1. The summed E-state index contributed by atoms with van der Waals surface area (Å²) in [7, 11) is 1.87. The Morgan fingerprint density at radius 2 is 2.00 bits per heavy atom. The monoisotopic (exact) mass is 493 g/mol. The van der Waals surface area contributed by atoms with Crippen molar-refractivity contribution in [3.05, 3.63) is 36.0 Å². The second-order valence-corrected chi connectivity index (χ2v) is 9.32. The molecule has 0 aromatic carbocycles. The Morgan fingerprint density at radius 3 is 2.78 bits per heavy atom. The Bertz CT molecular complexity index is 1230. The van der Waals surface area contributed by atoms with Crippen LogP contribution in [0, 0.1) is 5.92 Å². The minimum atomic E-state index is -0.754. The van der Waals surface area contributed by atoms with Gasteiger partial charge in [0, 0.05) is 19.3 Å². The minimum absolute atomic E-state index is 0.141. The van der Waals surface area contributed by atoms with Crippen molar-refractivity contribution < 1.29 is 19.4 Å². The van der Waals surface area contributed by atoms with Crippen LogP contribution in [0.1, 0.15) is 56.8 Å². The lowest BCUT2D eigenvalue weighted by atomic mass is 9.87. The maximum atomic E-state index is 11.4. The van der Waals surface area contributed by atoms with Crippen LogP contribution in [0.2, 0.25) is 0 Å². The van der Waals surface area contributed by atoms with Crippen LogP contribution in [0.25, 0.3) is 11.4 Å². The molecular formula is C25H31N7O4. The molecule has 0 bridgehead atoms. The number of carboxylic acid groups (broad SMARTS) is 1. The highest BCUT2D eigenvalue weighted by Gasteiger charge is 2.29. The number of aliphatic carboxylic acids is 1. The summed E-state index contributed by atoms with van der Waals surface area (Å²) in [5.41, 5.74) is 2.48. The quantitative estimate of drug-likeness (QED) is 0.432. The average molecular weight is 494 g/mol. The second kappa shape index (κ2) is 10.5. The van der Waals surface area contributed by atoms with E-state index >= 15 is 0 Å². The van der Waals surface area contributed by atoms with Crippen LogP contribution in [-0.2, 0) is 24.8 Å². The molecule has 0 radical (unpaired) electrons. The zero-order chi connectivity index (χ0) is 25.1. The van der Waals surface area contributed by atoms with E-state index in [1.165, 1.54) is 0 Å². The van der Waals surface area contributed by atoms with Crippen molar-refractivity contribution >= 4 is 11.9 Å². The molecule has 2 aliphatic rings. The van der Waals surface area contributed by atoms with Gasteiger partial charge >= 0.3 is 5.97 Å². The third kappa shape index (κ3) is 5.55. The van der Waals surface area contributed by atoms with E-state index in [0.29, 0.717) is 49.2 Å². The van der Waals surface area contributed by atoms with E-state index in [2.05, 4.69) is 25.4 Å². The summed E-state index contributed by atoms with van der Waals surface area (Å²) in [5, 5.41) is 17.0. The summed E-state index contributed by atoms with van der Waals surface area (Å²) in [6.45, 7) is 2.44. The topological polar surface area (TPSA) is 137 Å². The zero-order valence-corrected chi connectivity index (χ0v) is 20.6. The normalized spacial score (nSPS) is 19.6. The molecule has 2 N–H and O–H groups in total. The second-order valence-electron chi connectivity index (χ2n) is 9.32. The standard InChI is InChI=1S/C25H31N7O4/c1-3-19-21(35-17-6-4-5-15(11-17)24(33)34)14-27-23(30-19)18-12-29-32(2)20(18)13-28-25-26-10-9-22(31-25)36-16-7-8-16/h9-10,12,14-17H,3-8,11,13H2,1-2H3,(H,33,34)(H,26,28,31)/t15-,17-/m0/s1. The fourth-order valence-corrected chi connectivity index (χ4v) is 4.42. The predicted octanol–water partition coefficient (Wildman–Crippen LogP) is 3.41. The molecular weight excluding hydrogens is 462 g/mol. The molecule has 3 aromatic heterocycles. The van der Waals surface area contributed by atoms with Gasteiger partial charge in [-0.2, -0.15) is 10.1 Å².